The van der Waals surface area contributed by atoms with Crippen LogP contribution in [0.5, 0.6) is 11.5 Å². The first-order valence-electron chi connectivity index (χ1n) is 9.60. The van der Waals surface area contributed by atoms with Crippen LogP contribution in [0, 0.1) is 23.2 Å². The first-order valence-corrected chi connectivity index (χ1v) is 9.60. The molecule has 0 spiro atoms. The maximum Gasteiger partial charge on any atom is 0.251 e. The number of benzene rings is 1. The van der Waals surface area contributed by atoms with Crippen molar-refractivity contribution in [1.82, 2.24) is 5.32 Å². The lowest BCUT2D eigenvalue weighted by molar-refractivity contribution is -0.0564. The van der Waals surface area contributed by atoms with E-state index in [9.17, 15) is 4.79 Å². The Morgan fingerprint density at radius 2 is 1.52 bits per heavy atom. The third kappa shape index (κ3) is 3.36. The van der Waals surface area contributed by atoms with E-state index in [4.69, 9.17) is 9.47 Å². The second-order valence-corrected chi connectivity index (χ2v) is 8.52. The fourth-order valence-electron chi connectivity index (χ4n) is 6.08. The molecule has 25 heavy (non-hydrogen) atoms. The van der Waals surface area contributed by atoms with Crippen molar-refractivity contribution in [1.29, 1.82) is 0 Å². The van der Waals surface area contributed by atoms with Crippen LogP contribution in [0.1, 0.15) is 55.3 Å². The van der Waals surface area contributed by atoms with Crippen LogP contribution in [0.15, 0.2) is 18.2 Å². The van der Waals surface area contributed by atoms with Gasteiger partial charge in [0.1, 0.15) is 11.5 Å². The van der Waals surface area contributed by atoms with Gasteiger partial charge >= 0.3 is 0 Å². The molecule has 1 N–H and O–H groups in total. The summed E-state index contributed by atoms with van der Waals surface area (Å²) in [5.41, 5.74) is 1.11. The largest absolute Gasteiger partial charge is 0.497 e. The van der Waals surface area contributed by atoms with Crippen LogP contribution >= 0.6 is 0 Å². The molecule has 1 aromatic rings. The number of hydrogen-bond donors (Lipinski definition) is 1. The highest BCUT2D eigenvalue weighted by Gasteiger charge is 2.50. The number of ether oxygens (including phenoxy) is 2. The number of rotatable bonds is 6. The maximum absolute atomic E-state index is 12.5. The molecule has 1 amide bonds. The van der Waals surface area contributed by atoms with Gasteiger partial charge in [-0.2, -0.15) is 0 Å². The maximum atomic E-state index is 12.5. The van der Waals surface area contributed by atoms with Crippen LogP contribution in [-0.4, -0.2) is 26.7 Å². The number of methoxy groups -OCH3 is 2. The van der Waals surface area contributed by atoms with Crippen molar-refractivity contribution in [3.8, 4) is 11.5 Å². The highest BCUT2D eigenvalue weighted by atomic mass is 16.5. The lowest BCUT2D eigenvalue weighted by Gasteiger charge is -2.57. The molecule has 0 radical (unpaired) electrons. The number of amides is 1. The van der Waals surface area contributed by atoms with Crippen molar-refractivity contribution in [3.05, 3.63) is 23.8 Å². The third-order valence-electron chi connectivity index (χ3n) is 6.72. The Morgan fingerprint density at radius 3 is 2.00 bits per heavy atom. The van der Waals surface area contributed by atoms with Crippen molar-refractivity contribution in [3.63, 3.8) is 0 Å². The standard InChI is InChI=1S/C21H29NO3/c1-24-18-8-17(9-19(10-18)25-2)20(23)22-4-3-21-11-14-5-15(12-21)7-16(6-14)13-21/h8-10,14-16H,3-7,11-13H2,1-2H3,(H,22,23). The summed E-state index contributed by atoms with van der Waals surface area (Å²) in [4.78, 5) is 12.5. The summed E-state index contributed by atoms with van der Waals surface area (Å²) in [7, 11) is 3.20. The first kappa shape index (κ1) is 16.7. The molecule has 136 valence electrons. The van der Waals surface area contributed by atoms with E-state index >= 15 is 0 Å². The third-order valence-corrected chi connectivity index (χ3v) is 6.72. The van der Waals surface area contributed by atoms with E-state index in [2.05, 4.69) is 5.32 Å². The van der Waals surface area contributed by atoms with Crippen molar-refractivity contribution >= 4 is 5.91 Å². The second-order valence-electron chi connectivity index (χ2n) is 8.52. The van der Waals surface area contributed by atoms with E-state index in [1.54, 1.807) is 32.4 Å². The molecular weight excluding hydrogens is 314 g/mol. The summed E-state index contributed by atoms with van der Waals surface area (Å²) in [6.45, 7) is 0.768. The van der Waals surface area contributed by atoms with Gasteiger partial charge in [-0.15, -0.1) is 0 Å². The molecule has 4 saturated carbocycles. The minimum Gasteiger partial charge on any atom is -0.497 e. The van der Waals surface area contributed by atoms with Crippen LogP contribution in [0.3, 0.4) is 0 Å². The molecule has 4 aliphatic rings. The highest BCUT2D eigenvalue weighted by molar-refractivity contribution is 5.95. The van der Waals surface area contributed by atoms with Gasteiger partial charge in [0.2, 0.25) is 0 Å². The van der Waals surface area contributed by atoms with Gasteiger partial charge in [-0.1, -0.05) is 0 Å². The zero-order valence-electron chi connectivity index (χ0n) is 15.3. The molecule has 0 saturated heterocycles. The molecule has 0 unspecified atom stereocenters. The van der Waals surface area contributed by atoms with E-state index in [0.717, 1.165) is 30.7 Å². The number of hydrogen-bond acceptors (Lipinski definition) is 3. The van der Waals surface area contributed by atoms with Crippen molar-refractivity contribution in [2.45, 2.75) is 44.9 Å². The average Bonchev–Trinajstić information content (AvgIpc) is 2.59. The lowest BCUT2D eigenvalue weighted by atomic mass is 9.49. The van der Waals surface area contributed by atoms with Crippen LogP contribution in [0.25, 0.3) is 0 Å². The van der Waals surface area contributed by atoms with E-state index in [1.165, 1.54) is 38.5 Å². The molecule has 4 fully saturated rings. The van der Waals surface area contributed by atoms with Crippen molar-refractivity contribution in [2.75, 3.05) is 20.8 Å². The number of nitrogens with one attached hydrogen (secondary N) is 1. The van der Waals surface area contributed by atoms with E-state index in [-0.39, 0.29) is 5.91 Å². The second kappa shape index (κ2) is 6.54. The summed E-state index contributed by atoms with van der Waals surface area (Å²) in [6, 6.07) is 5.32. The van der Waals surface area contributed by atoms with Gasteiger partial charge in [0.15, 0.2) is 0 Å². The van der Waals surface area contributed by atoms with Crippen LogP contribution in [0.4, 0.5) is 0 Å². The molecule has 1 aromatic carbocycles. The Balaban J connectivity index is 1.36. The fraction of sp³-hybridized carbons (Fsp3) is 0.667. The summed E-state index contributed by atoms with van der Waals surface area (Å²) >= 11 is 0. The van der Waals surface area contributed by atoms with Crippen LogP contribution in [-0.2, 0) is 0 Å². The SMILES string of the molecule is COc1cc(OC)cc(C(=O)NCCC23CC4CC(CC(C4)C2)C3)c1. The Hall–Kier alpha value is -1.71. The molecule has 0 aliphatic heterocycles. The Morgan fingerprint density at radius 1 is 1.00 bits per heavy atom. The predicted molar refractivity (Wildman–Crippen MR) is 97.1 cm³/mol. The van der Waals surface area contributed by atoms with Gasteiger partial charge in [0, 0.05) is 18.2 Å². The summed E-state index contributed by atoms with van der Waals surface area (Å²) in [5.74, 6) is 4.14. The van der Waals surface area contributed by atoms with Crippen LogP contribution in [0.2, 0.25) is 0 Å². The predicted octanol–water partition coefficient (Wildman–Crippen LogP) is 4.04. The Bertz CT molecular complexity index is 597. The molecule has 4 heteroatoms. The molecular formula is C21H29NO3. The molecule has 5 rings (SSSR count). The lowest BCUT2D eigenvalue weighted by Crippen LogP contribution is -2.47. The molecule has 4 nitrogen and oxygen atoms in total. The van der Waals surface area contributed by atoms with E-state index in [1.807, 2.05) is 0 Å². The Kier molecular flexibility index (Phi) is 4.38. The first-order chi connectivity index (χ1) is 12.1. The van der Waals surface area contributed by atoms with Crippen molar-refractivity contribution in [2.24, 2.45) is 23.2 Å². The summed E-state index contributed by atoms with van der Waals surface area (Å²) < 4.78 is 10.5. The zero-order valence-corrected chi connectivity index (χ0v) is 15.3. The molecule has 0 aromatic heterocycles. The normalized spacial score (nSPS) is 32.5. The highest BCUT2D eigenvalue weighted by Crippen LogP contribution is 2.61. The summed E-state index contributed by atoms with van der Waals surface area (Å²) in [6.07, 6.45) is 9.70. The molecule has 4 bridgehead atoms. The minimum atomic E-state index is -0.0399. The molecule has 0 heterocycles. The van der Waals surface area contributed by atoms with E-state index in [0.29, 0.717) is 22.5 Å². The Labute approximate surface area is 150 Å². The smallest absolute Gasteiger partial charge is 0.251 e. The number of carbonyl (C=O) groups excluding carboxylic acids is 1. The van der Waals surface area contributed by atoms with Gasteiger partial charge in [-0.25, -0.2) is 0 Å². The fourth-order valence-corrected chi connectivity index (χ4v) is 6.08. The van der Waals surface area contributed by atoms with Gasteiger partial charge in [-0.05, 0) is 80.2 Å². The quantitative estimate of drug-likeness (QED) is 0.848. The van der Waals surface area contributed by atoms with E-state index < -0.39 is 0 Å². The zero-order chi connectivity index (χ0) is 17.4. The van der Waals surface area contributed by atoms with Gasteiger partial charge < -0.3 is 14.8 Å². The summed E-state index contributed by atoms with van der Waals surface area (Å²) in [5, 5.41) is 3.13. The number of carbonyl (C=O) groups is 1. The van der Waals surface area contributed by atoms with Gasteiger partial charge in [0.05, 0.1) is 14.2 Å². The van der Waals surface area contributed by atoms with Gasteiger partial charge in [0.25, 0.3) is 5.91 Å². The topological polar surface area (TPSA) is 47.6 Å². The van der Waals surface area contributed by atoms with Crippen molar-refractivity contribution < 1.29 is 14.3 Å². The molecule has 4 aliphatic carbocycles. The molecule has 0 atom stereocenters. The minimum absolute atomic E-state index is 0.0399. The van der Waals surface area contributed by atoms with Crippen LogP contribution < -0.4 is 14.8 Å². The van der Waals surface area contributed by atoms with Gasteiger partial charge in [-0.3, -0.25) is 4.79 Å². The average molecular weight is 343 g/mol. The monoisotopic (exact) mass is 343 g/mol.